The van der Waals surface area contributed by atoms with Gasteiger partial charge in [-0.1, -0.05) is 12.1 Å². The van der Waals surface area contributed by atoms with E-state index in [1.54, 1.807) is 12.5 Å². The second-order valence-electron chi connectivity index (χ2n) is 3.49. The molecule has 1 heterocycles. The summed E-state index contributed by atoms with van der Waals surface area (Å²) >= 11 is 2.29. The van der Waals surface area contributed by atoms with E-state index in [0.717, 1.165) is 17.5 Å². The van der Waals surface area contributed by atoms with Crippen molar-refractivity contribution in [2.24, 2.45) is 5.73 Å². The first kappa shape index (κ1) is 10.7. The Morgan fingerprint density at radius 3 is 2.53 bits per heavy atom. The maximum absolute atomic E-state index is 6.09. The Morgan fingerprint density at radius 1 is 1.20 bits per heavy atom. The molecule has 2 rings (SSSR count). The summed E-state index contributed by atoms with van der Waals surface area (Å²) in [6.45, 7) is 0. The molecule has 0 aliphatic heterocycles. The van der Waals surface area contributed by atoms with Gasteiger partial charge in [-0.25, -0.2) is 0 Å². The molecule has 3 heteroatoms. The normalized spacial score (nSPS) is 12.7. The molecule has 0 aliphatic carbocycles. The molecule has 1 unspecified atom stereocenters. The van der Waals surface area contributed by atoms with Crippen molar-refractivity contribution in [2.75, 3.05) is 0 Å². The number of hydrogen-bond acceptors (Lipinski definition) is 2. The van der Waals surface area contributed by atoms with E-state index < -0.39 is 0 Å². The maximum atomic E-state index is 6.09. The van der Waals surface area contributed by atoms with E-state index in [4.69, 9.17) is 10.2 Å². The van der Waals surface area contributed by atoms with E-state index in [2.05, 4.69) is 46.9 Å². The van der Waals surface area contributed by atoms with Gasteiger partial charge in [0.05, 0.1) is 12.5 Å². The van der Waals surface area contributed by atoms with E-state index in [9.17, 15) is 0 Å². The number of furan rings is 1. The van der Waals surface area contributed by atoms with Crippen molar-refractivity contribution in [1.29, 1.82) is 0 Å². The molecule has 1 atom stereocenters. The Morgan fingerprint density at radius 2 is 1.93 bits per heavy atom. The molecule has 1 aromatic carbocycles. The van der Waals surface area contributed by atoms with Gasteiger partial charge in [-0.05, 0) is 58.3 Å². The summed E-state index contributed by atoms with van der Waals surface area (Å²) in [6.07, 6.45) is 4.24. The largest absolute Gasteiger partial charge is 0.472 e. The molecule has 2 nitrogen and oxygen atoms in total. The summed E-state index contributed by atoms with van der Waals surface area (Å²) in [5.74, 6) is 0. The molecule has 0 saturated carbocycles. The summed E-state index contributed by atoms with van der Waals surface area (Å²) in [5, 5.41) is 0. The molecule has 78 valence electrons. The van der Waals surface area contributed by atoms with Crippen LogP contribution in [0.1, 0.15) is 17.2 Å². The maximum Gasteiger partial charge on any atom is 0.0935 e. The first-order chi connectivity index (χ1) is 7.25. The van der Waals surface area contributed by atoms with Gasteiger partial charge in [0.1, 0.15) is 0 Å². The highest BCUT2D eigenvalue weighted by Crippen LogP contribution is 2.17. The van der Waals surface area contributed by atoms with Crippen LogP contribution in [0.15, 0.2) is 47.3 Å². The Bertz CT molecular complexity index is 408. The quantitative estimate of drug-likeness (QED) is 0.884. The van der Waals surface area contributed by atoms with Gasteiger partial charge in [0.25, 0.3) is 0 Å². The SMILES string of the molecule is NC(Cc1ccoc1)c1ccc(I)cc1. The van der Waals surface area contributed by atoms with Gasteiger partial charge in [-0.2, -0.15) is 0 Å². The zero-order valence-corrected chi connectivity index (χ0v) is 10.3. The van der Waals surface area contributed by atoms with Crippen LogP contribution in [0, 0.1) is 3.57 Å². The van der Waals surface area contributed by atoms with Crippen LogP contribution < -0.4 is 5.73 Å². The van der Waals surface area contributed by atoms with Gasteiger partial charge in [0, 0.05) is 9.61 Å². The average molecular weight is 313 g/mol. The first-order valence-corrected chi connectivity index (χ1v) is 5.85. The standard InChI is InChI=1S/C12H12INO/c13-11-3-1-10(2-4-11)12(14)7-9-5-6-15-8-9/h1-6,8,12H,7,14H2. The van der Waals surface area contributed by atoms with Crippen LogP contribution in [0.25, 0.3) is 0 Å². The second kappa shape index (κ2) is 4.81. The third kappa shape index (κ3) is 2.82. The van der Waals surface area contributed by atoms with Crippen LogP contribution >= 0.6 is 22.6 Å². The lowest BCUT2D eigenvalue weighted by molar-refractivity contribution is 0.561. The van der Waals surface area contributed by atoms with Crippen molar-refractivity contribution in [3.05, 3.63) is 57.6 Å². The molecular formula is C12H12INO. The molecule has 0 fully saturated rings. The Balaban J connectivity index is 2.08. The Hall–Kier alpha value is -0.810. The Labute approximate surface area is 103 Å². The lowest BCUT2D eigenvalue weighted by atomic mass is 10.0. The van der Waals surface area contributed by atoms with E-state index in [1.807, 2.05) is 6.07 Å². The van der Waals surface area contributed by atoms with Crippen LogP contribution in [0.3, 0.4) is 0 Å². The van der Waals surface area contributed by atoms with Crippen LogP contribution in [-0.2, 0) is 6.42 Å². The minimum atomic E-state index is 0.0413. The summed E-state index contributed by atoms with van der Waals surface area (Å²) in [5.41, 5.74) is 8.40. The van der Waals surface area contributed by atoms with Crippen molar-refractivity contribution in [3.63, 3.8) is 0 Å². The molecule has 0 bridgehead atoms. The average Bonchev–Trinajstić information content (AvgIpc) is 2.71. The number of hydrogen-bond donors (Lipinski definition) is 1. The summed E-state index contributed by atoms with van der Waals surface area (Å²) in [6, 6.07) is 10.3. The molecule has 15 heavy (non-hydrogen) atoms. The highest BCUT2D eigenvalue weighted by Gasteiger charge is 2.07. The minimum absolute atomic E-state index is 0.0413. The summed E-state index contributed by atoms with van der Waals surface area (Å²) in [7, 11) is 0. The third-order valence-electron chi connectivity index (χ3n) is 2.33. The van der Waals surface area contributed by atoms with Crippen LogP contribution in [0.5, 0.6) is 0 Å². The molecule has 2 N–H and O–H groups in total. The molecular weight excluding hydrogens is 301 g/mol. The number of rotatable bonds is 3. The van der Waals surface area contributed by atoms with E-state index in [-0.39, 0.29) is 6.04 Å². The van der Waals surface area contributed by atoms with Crippen molar-refractivity contribution in [2.45, 2.75) is 12.5 Å². The van der Waals surface area contributed by atoms with Crippen molar-refractivity contribution >= 4 is 22.6 Å². The van der Waals surface area contributed by atoms with Gasteiger partial charge >= 0.3 is 0 Å². The smallest absolute Gasteiger partial charge is 0.0935 e. The van der Waals surface area contributed by atoms with Crippen LogP contribution in [0.4, 0.5) is 0 Å². The fraction of sp³-hybridized carbons (Fsp3) is 0.167. The lowest BCUT2D eigenvalue weighted by Gasteiger charge is -2.10. The molecule has 0 aliphatic rings. The zero-order chi connectivity index (χ0) is 10.7. The van der Waals surface area contributed by atoms with Gasteiger partial charge in [0.2, 0.25) is 0 Å². The number of halogens is 1. The molecule has 0 radical (unpaired) electrons. The predicted molar refractivity (Wildman–Crippen MR) is 68.5 cm³/mol. The van der Waals surface area contributed by atoms with Crippen LogP contribution in [0.2, 0.25) is 0 Å². The van der Waals surface area contributed by atoms with Crippen LogP contribution in [-0.4, -0.2) is 0 Å². The highest BCUT2D eigenvalue weighted by atomic mass is 127. The number of nitrogens with two attached hydrogens (primary N) is 1. The lowest BCUT2D eigenvalue weighted by Crippen LogP contribution is -2.12. The minimum Gasteiger partial charge on any atom is -0.472 e. The molecule has 0 amide bonds. The third-order valence-corrected chi connectivity index (χ3v) is 3.05. The van der Waals surface area contributed by atoms with E-state index in [0.29, 0.717) is 0 Å². The summed E-state index contributed by atoms with van der Waals surface area (Å²) in [4.78, 5) is 0. The Kier molecular flexibility index (Phi) is 3.43. The molecule has 2 aromatic rings. The fourth-order valence-electron chi connectivity index (χ4n) is 1.49. The predicted octanol–water partition coefficient (Wildman–Crippen LogP) is 3.13. The fourth-order valence-corrected chi connectivity index (χ4v) is 1.85. The van der Waals surface area contributed by atoms with Gasteiger partial charge < -0.3 is 10.2 Å². The summed E-state index contributed by atoms with van der Waals surface area (Å²) < 4.78 is 6.24. The first-order valence-electron chi connectivity index (χ1n) is 4.78. The zero-order valence-electron chi connectivity index (χ0n) is 8.19. The topological polar surface area (TPSA) is 39.2 Å². The molecule has 0 spiro atoms. The van der Waals surface area contributed by atoms with Gasteiger partial charge in [-0.15, -0.1) is 0 Å². The van der Waals surface area contributed by atoms with Crippen molar-refractivity contribution < 1.29 is 4.42 Å². The second-order valence-corrected chi connectivity index (χ2v) is 4.74. The molecule has 0 saturated heterocycles. The van der Waals surface area contributed by atoms with Crippen molar-refractivity contribution in [3.8, 4) is 0 Å². The van der Waals surface area contributed by atoms with Gasteiger partial charge in [0.15, 0.2) is 0 Å². The van der Waals surface area contributed by atoms with Crippen molar-refractivity contribution in [1.82, 2.24) is 0 Å². The van der Waals surface area contributed by atoms with E-state index in [1.165, 1.54) is 3.57 Å². The number of benzene rings is 1. The van der Waals surface area contributed by atoms with E-state index >= 15 is 0 Å². The highest BCUT2D eigenvalue weighted by molar-refractivity contribution is 14.1. The molecule has 1 aromatic heterocycles. The van der Waals surface area contributed by atoms with Gasteiger partial charge in [-0.3, -0.25) is 0 Å². The monoisotopic (exact) mass is 313 g/mol.